The Morgan fingerprint density at radius 2 is 1.95 bits per heavy atom. The lowest BCUT2D eigenvalue weighted by Crippen LogP contribution is -2.19. The minimum absolute atomic E-state index is 0.136. The minimum atomic E-state index is -0.275. The first-order valence-electron chi connectivity index (χ1n) is 6.17. The summed E-state index contributed by atoms with van der Waals surface area (Å²) in [6, 6.07) is 16.3. The summed E-state index contributed by atoms with van der Waals surface area (Å²) in [5.41, 5.74) is 1.91. The van der Waals surface area contributed by atoms with Crippen molar-refractivity contribution in [3.8, 4) is 6.07 Å². The number of halogens is 1. The molecule has 0 spiro atoms. The van der Waals surface area contributed by atoms with E-state index in [1.165, 1.54) is 6.07 Å². The number of carbonyl (C=O) groups excluding carboxylic acids is 1. The Kier molecular flexibility index (Phi) is 4.39. The van der Waals surface area contributed by atoms with E-state index in [0.717, 1.165) is 5.56 Å². The van der Waals surface area contributed by atoms with Gasteiger partial charge in [0.25, 0.3) is 0 Å². The summed E-state index contributed by atoms with van der Waals surface area (Å²) in [6.07, 6.45) is 0. The number of amides is 1. The van der Waals surface area contributed by atoms with Gasteiger partial charge in [0.2, 0.25) is 5.91 Å². The van der Waals surface area contributed by atoms with E-state index in [9.17, 15) is 4.79 Å². The fourth-order valence-electron chi connectivity index (χ4n) is 1.82. The van der Waals surface area contributed by atoms with Crippen LogP contribution in [-0.4, -0.2) is 5.91 Å². The van der Waals surface area contributed by atoms with Crippen molar-refractivity contribution in [2.75, 3.05) is 5.32 Å². The third-order valence-corrected chi connectivity index (χ3v) is 3.36. The van der Waals surface area contributed by atoms with Crippen LogP contribution >= 0.6 is 11.6 Å². The van der Waals surface area contributed by atoms with Gasteiger partial charge in [-0.3, -0.25) is 4.79 Å². The van der Waals surface area contributed by atoms with Crippen molar-refractivity contribution in [3.63, 3.8) is 0 Å². The minimum Gasteiger partial charge on any atom is -0.324 e. The van der Waals surface area contributed by atoms with Crippen molar-refractivity contribution in [1.29, 1.82) is 5.26 Å². The fourth-order valence-corrected chi connectivity index (χ4v) is 2.05. The summed E-state index contributed by atoms with van der Waals surface area (Å²) >= 11 is 6.04. The predicted octanol–water partition coefficient (Wildman–Crippen LogP) is 3.95. The first kappa shape index (κ1) is 14.1. The summed E-state index contributed by atoms with van der Waals surface area (Å²) in [4.78, 5) is 12.2. The third kappa shape index (κ3) is 3.17. The highest BCUT2D eigenvalue weighted by atomic mass is 35.5. The quantitative estimate of drug-likeness (QED) is 0.928. The molecule has 3 nitrogen and oxygen atoms in total. The second kappa shape index (κ2) is 6.23. The van der Waals surface area contributed by atoms with Crippen LogP contribution in [0.25, 0.3) is 0 Å². The number of anilines is 1. The molecule has 20 heavy (non-hydrogen) atoms. The van der Waals surface area contributed by atoms with Crippen LogP contribution in [0.4, 0.5) is 5.69 Å². The Labute approximate surface area is 122 Å². The van der Waals surface area contributed by atoms with Crippen LogP contribution in [0.5, 0.6) is 0 Å². The first-order chi connectivity index (χ1) is 9.61. The number of hydrogen-bond donors (Lipinski definition) is 1. The van der Waals surface area contributed by atoms with Crippen molar-refractivity contribution < 1.29 is 4.79 Å². The molecule has 1 amide bonds. The van der Waals surface area contributed by atoms with Crippen molar-refractivity contribution in [2.45, 2.75) is 12.8 Å². The van der Waals surface area contributed by atoms with Crippen LogP contribution in [0, 0.1) is 11.3 Å². The van der Waals surface area contributed by atoms with Gasteiger partial charge >= 0.3 is 0 Å². The molecule has 0 aliphatic heterocycles. The Morgan fingerprint density at radius 1 is 1.25 bits per heavy atom. The van der Waals surface area contributed by atoms with Gasteiger partial charge in [0.05, 0.1) is 28.3 Å². The van der Waals surface area contributed by atoms with Crippen LogP contribution in [0.3, 0.4) is 0 Å². The van der Waals surface area contributed by atoms with Crippen LogP contribution in [0.1, 0.15) is 24.0 Å². The molecule has 0 saturated carbocycles. The maximum Gasteiger partial charge on any atom is 0.231 e. The molecule has 1 unspecified atom stereocenters. The number of carbonyl (C=O) groups is 1. The molecule has 1 N–H and O–H groups in total. The van der Waals surface area contributed by atoms with Gasteiger partial charge < -0.3 is 5.32 Å². The number of hydrogen-bond acceptors (Lipinski definition) is 2. The maximum absolute atomic E-state index is 12.2. The number of rotatable bonds is 3. The Morgan fingerprint density at radius 3 is 2.55 bits per heavy atom. The van der Waals surface area contributed by atoms with Gasteiger partial charge in [-0.2, -0.15) is 5.26 Å². The van der Waals surface area contributed by atoms with Crippen LogP contribution < -0.4 is 5.32 Å². The normalized spacial score (nSPS) is 11.4. The molecule has 0 aliphatic rings. The Balaban J connectivity index is 2.14. The lowest BCUT2D eigenvalue weighted by molar-refractivity contribution is -0.117. The van der Waals surface area contributed by atoms with Gasteiger partial charge in [0.1, 0.15) is 0 Å². The van der Waals surface area contributed by atoms with E-state index in [2.05, 4.69) is 5.32 Å². The molecule has 1 atom stereocenters. The van der Waals surface area contributed by atoms with Gasteiger partial charge in [-0.05, 0) is 30.7 Å². The predicted molar refractivity (Wildman–Crippen MR) is 79.7 cm³/mol. The summed E-state index contributed by atoms with van der Waals surface area (Å²) < 4.78 is 0. The molecule has 0 bridgehead atoms. The molecule has 0 saturated heterocycles. The van der Waals surface area contributed by atoms with Gasteiger partial charge in [0.15, 0.2) is 0 Å². The first-order valence-corrected chi connectivity index (χ1v) is 6.55. The zero-order valence-electron chi connectivity index (χ0n) is 10.9. The van der Waals surface area contributed by atoms with Gasteiger partial charge in [-0.25, -0.2) is 0 Å². The highest BCUT2D eigenvalue weighted by Gasteiger charge is 2.16. The molecular weight excluding hydrogens is 272 g/mol. The van der Waals surface area contributed by atoms with E-state index in [1.54, 1.807) is 12.1 Å². The lowest BCUT2D eigenvalue weighted by Gasteiger charge is -2.13. The number of nitrogens with zero attached hydrogens (tertiary/aromatic N) is 1. The van der Waals surface area contributed by atoms with E-state index in [1.807, 2.05) is 43.3 Å². The largest absolute Gasteiger partial charge is 0.324 e. The second-order valence-electron chi connectivity index (χ2n) is 4.43. The van der Waals surface area contributed by atoms with Gasteiger partial charge in [0, 0.05) is 0 Å². The van der Waals surface area contributed by atoms with Crippen molar-refractivity contribution in [2.24, 2.45) is 0 Å². The average Bonchev–Trinajstić information content (AvgIpc) is 2.49. The van der Waals surface area contributed by atoms with E-state index in [4.69, 9.17) is 16.9 Å². The highest BCUT2D eigenvalue weighted by molar-refractivity contribution is 6.33. The van der Waals surface area contributed by atoms with Crippen molar-refractivity contribution in [3.05, 3.63) is 64.7 Å². The van der Waals surface area contributed by atoms with Gasteiger partial charge in [-0.15, -0.1) is 0 Å². The van der Waals surface area contributed by atoms with Crippen molar-refractivity contribution in [1.82, 2.24) is 0 Å². The van der Waals surface area contributed by atoms with Crippen LogP contribution in [-0.2, 0) is 4.79 Å². The molecule has 0 aliphatic carbocycles. The van der Waals surface area contributed by atoms with Crippen molar-refractivity contribution >= 4 is 23.2 Å². The smallest absolute Gasteiger partial charge is 0.231 e. The Bertz CT molecular complexity index is 662. The molecule has 100 valence electrons. The number of nitriles is 1. The molecular formula is C16H13ClN2O. The summed E-state index contributed by atoms with van der Waals surface area (Å²) in [5.74, 6) is -0.411. The number of nitrogens with one attached hydrogen (secondary N) is 1. The fraction of sp³-hybridized carbons (Fsp3) is 0.125. The van der Waals surface area contributed by atoms with Crippen LogP contribution in [0.15, 0.2) is 48.5 Å². The maximum atomic E-state index is 12.2. The molecule has 0 heterocycles. The molecule has 2 aromatic rings. The van der Waals surface area contributed by atoms with Crippen LogP contribution in [0.2, 0.25) is 5.02 Å². The zero-order valence-corrected chi connectivity index (χ0v) is 11.7. The second-order valence-corrected chi connectivity index (χ2v) is 4.84. The molecule has 0 aromatic heterocycles. The summed E-state index contributed by atoms with van der Waals surface area (Å²) in [7, 11) is 0. The third-order valence-electron chi connectivity index (χ3n) is 3.05. The SMILES string of the molecule is CC(C(=O)Nc1ccc(C#N)cc1Cl)c1ccccc1. The number of benzene rings is 2. The monoisotopic (exact) mass is 284 g/mol. The zero-order chi connectivity index (χ0) is 14.5. The lowest BCUT2D eigenvalue weighted by atomic mass is 10.0. The molecule has 2 rings (SSSR count). The molecule has 0 fully saturated rings. The standard InChI is InChI=1S/C16H13ClN2O/c1-11(13-5-3-2-4-6-13)16(20)19-15-8-7-12(10-18)9-14(15)17/h2-9,11H,1H3,(H,19,20). The van der Waals surface area contributed by atoms with E-state index in [0.29, 0.717) is 16.3 Å². The van der Waals surface area contributed by atoms with E-state index >= 15 is 0 Å². The molecule has 4 heteroatoms. The van der Waals surface area contributed by atoms with Gasteiger partial charge in [-0.1, -0.05) is 41.9 Å². The van der Waals surface area contributed by atoms with E-state index in [-0.39, 0.29) is 11.8 Å². The average molecular weight is 285 g/mol. The van der Waals surface area contributed by atoms with E-state index < -0.39 is 0 Å². The highest BCUT2D eigenvalue weighted by Crippen LogP contribution is 2.25. The summed E-state index contributed by atoms with van der Waals surface area (Å²) in [5, 5.41) is 11.9. The molecule has 0 radical (unpaired) electrons. The molecule has 2 aromatic carbocycles. The summed E-state index contributed by atoms with van der Waals surface area (Å²) in [6.45, 7) is 1.84. The topological polar surface area (TPSA) is 52.9 Å². The Hall–Kier alpha value is -2.31.